The van der Waals surface area contributed by atoms with Crippen molar-refractivity contribution in [3.63, 3.8) is 0 Å². The van der Waals surface area contributed by atoms with Crippen LogP contribution in [-0.2, 0) is 0 Å². The SMILES string of the molecule is Cc1nc(-c2cccnc2)sc1C(=O)N[C@@H](C)c1ccccc1. The highest BCUT2D eigenvalue weighted by Gasteiger charge is 2.18. The van der Waals surface area contributed by atoms with Crippen LogP contribution in [0.5, 0.6) is 0 Å². The zero-order valence-electron chi connectivity index (χ0n) is 13.0. The van der Waals surface area contributed by atoms with E-state index in [2.05, 4.69) is 15.3 Å². The summed E-state index contributed by atoms with van der Waals surface area (Å²) in [7, 11) is 0. The predicted octanol–water partition coefficient (Wildman–Crippen LogP) is 4.00. The minimum Gasteiger partial charge on any atom is -0.345 e. The van der Waals surface area contributed by atoms with Crippen molar-refractivity contribution in [3.05, 3.63) is 71.0 Å². The van der Waals surface area contributed by atoms with E-state index in [-0.39, 0.29) is 11.9 Å². The molecule has 3 aromatic rings. The van der Waals surface area contributed by atoms with Crippen LogP contribution in [0.15, 0.2) is 54.9 Å². The molecule has 1 aromatic carbocycles. The average Bonchev–Trinajstić information content (AvgIpc) is 2.98. The predicted molar refractivity (Wildman–Crippen MR) is 92.4 cm³/mol. The zero-order chi connectivity index (χ0) is 16.2. The molecule has 1 amide bonds. The van der Waals surface area contributed by atoms with Crippen molar-refractivity contribution < 1.29 is 4.79 Å². The third-order valence-electron chi connectivity index (χ3n) is 3.56. The van der Waals surface area contributed by atoms with Gasteiger partial charge in [0.25, 0.3) is 5.91 Å². The maximum absolute atomic E-state index is 12.5. The Kier molecular flexibility index (Phi) is 4.48. The van der Waals surface area contributed by atoms with Crippen molar-refractivity contribution in [2.75, 3.05) is 0 Å². The maximum atomic E-state index is 12.5. The average molecular weight is 323 g/mol. The fraction of sp³-hybridized carbons (Fsp3) is 0.167. The molecule has 4 nitrogen and oxygen atoms in total. The van der Waals surface area contributed by atoms with Crippen LogP contribution in [0.25, 0.3) is 10.6 Å². The van der Waals surface area contributed by atoms with E-state index in [0.29, 0.717) is 4.88 Å². The fourth-order valence-electron chi connectivity index (χ4n) is 2.31. The molecule has 3 rings (SSSR count). The summed E-state index contributed by atoms with van der Waals surface area (Å²) in [6, 6.07) is 13.7. The summed E-state index contributed by atoms with van der Waals surface area (Å²) in [4.78, 5) is 21.8. The molecular weight excluding hydrogens is 306 g/mol. The van der Waals surface area contributed by atoms with Gasteiger partial charge in [-0.15, -0.1) is 11.3 Å². The number of thiazole rings is 1. The van der Waals surface area contributed by atoms with E-state index in [4.69, 9.17) is 0 Å². The van der Waals surface area contributed by atoms with Crippen LogP contribution in [0.3, 0.4) is 0 Å². The minimum atomic E-state index is -0.0912. The Labute approximate surface area is 139 Å². The minimum absolute atomic E-state index is 0.0490. The third kappa shape index (κ3) is 3.46. The lowest BCUT2D eigenvalue weighted by atomic mass is 10.1. The third-order valence-corrected chi connectivity index (χ3v) is 4.76. The topological polar surface area (TPSA) is 54.9 Å². The number of rotatable bonds is 4. The molecule has 2 aromatic heterocycles. The van der Waals surface area contributed by atoms with Crippen molar-refractivity contribution in [1.29, 1.82) is 0 Å². The maximum Gasteiger partial charge on any atom is 0.263 e. The second-order valence-corrected chi connectivity index (χ2v) is 6.28. The van der Waals surface area contributed by atoms with Crippen LogP contribution in [0.4, 0.5) is 0 Å². The van der Waals surface area contributed by atoms with Crippen molar-refractivity contribution in [2.45, 2.75) is 19.9 Å². The lowest BCUT2D eigenvalue weighted by molar-refractivity contribution is 0.0943. The number of aromatic nitrogens is 2. The number of aryl methyl sites for hydroxylation is 1. The van der Waals surface area contributed by atoms with Crippen LogP contribution in [0.2, 0.25) is 0 Å². The van der Waals surface area contributed by atoms with Gasteiger partial charge in [-0.1, -0.05) is 30.3 Å². The van der Waals surface area contributed by atoms with Gasteiger partial charge in [0.05, 0.1) is 11.7 Å². The largest absolute Gasteiger partial charge is 0.345 e. The van der Waals surface area contributed by atoms with Gasteiger partial charge < -0.3 is 5.32 Å². The van der Waals surface area contributed by atoms with Crippen LogP contribution < -0.4 is 5.32 Å². The van der Waals surface area contributed by atoms with Gasteiger partial charge in [-0.05, 0) is 31.5 Å². The van der Waals surface area contributed by atoms with Crippen molar-refractivity contribution >= 4 is 17.2 Å². The van der Waals surface area contributed by atoms with Gasteiger partial charge >= 0.3 is 0 Å². The molecule has 116 valence electrons. The number of carbonyl (C=O) groups excluding carboxylic acids is 1. The number of amides is 1. The van der Waals surface area contributed by atoms with E-state index in [1.807, 2.05) is 56.3 Å². The van der Waals surface area contributed by atoms with Gasteiger partial charge in [-0.3, -0.25) is 9.78 Å². The number of hydrogen-bond donors (Lipinski definition) is 1. The van der Waals surface area contributed by atoms with Gasteiger partial charge in [-0.25, -0.2) is 4.98 Å². The van der Waals surface area contributed by atoms with E-state index < -0.39 is 0 Å². The van der Waals surface area contributed by atoms with Crippen molar-refractivity contribution in [2.24, 2.45) is 0 Å². The Balaban J connectivity index is 1.79. The summed E-state index contributed by atoms with van der Waals surface area (Å²) >= 11 is 1.39. The lowest BCUT2D eigenvalue weighted by Gasteiger charge is -2.13. The van der Waals surface area contributed by atoms with Gasteiger partial charge in [0.15, 0.2) is 0 Å². The van der Waals surface area contributed by atoms with E-state index in [9.17, 15) is 4.79 Å². The van der Waals surface area contributed by atoms with Crippen LogP contribution in [-0.4, -0.2) is 15.9 Å². The number of carbonyl (C=O) groups is 1. The van der Waals surface area contributed by atoms with Crippen molar-refractivity contribution in [1.82, 2.24) is 15.3 Å². The summed E-state index contributed by atoms with van der Waals surface area (Å²) in [5.74, 6) is -0.0912. The highest BCUT2D eigenvalue weighted by Crippen LogP contribution is 2.27. The summed E-state index contributed by atoms with van der Waals surface area (Å²) in [6.07, 6.45) is 3.48. The molecule has 0 unspecified atom stereocenters. The van der Waals surface area contributed by atoms with E-state index in [1.165, 1.54) is 11.3 Å². The second-order valence-electron chi connectivity index (χ2n) is 5.28. The smallest absolute Gasteiger partial charge is 0.263 e. The monoisotopic (exact) mass is 323 g/mol. The summed E-state index contributed by atoms with van der Waals surface area (Å²) in [6.45, 7) is 3.84. The standard InChI is InChI=1S/C18H17N3OS/c1-12(14-7-4-3-5-8-14)20-17(22)16-13(2)21-18(23-16)15-9-6-10-19-11-15/h3-12H,1-2H3,(H,20,22)/t12-/m0/s1. The van der Waals surface area contributed by atoms with Gasteiger partial charge in [-0.2, -0.15) is 0 Å². The van der Waals surface area contributed by atoms with Crippen molar-refractivity contribution in [3.8, 4) is 10.6 Å². The molecule has 0 aliphatic rings. The zero-order valence-corrected chi connectivity index (χ0v) is 13.8. The van der Waals surface area contributed by atoms with E-state index in [0.717, 1.165) is 21.8 Å². The molecule has 0 aliphatic heterocycles. The van der Waals surface area contributed by atoms with Gasteiger partial charge in [0.2, 0.25) is 0 Å². The van der Waals surface area contributed by atoms with Gasteiger partial charge in [0, 0.05) is 18.0 Å². The van der Waals surface area contributed by atoms with Crippen LogP contribution in [0.1, 0.15) is 33.9 Å². The highest BCUT2D eigenvalue weighted by molar-refractivity contribution is 7.17. The molecule has 2 heterocycles. The lowest BCUT2D eigenvalue weighted by Crippen LogP contribution is -2.26. The quantitative estimate of drug-likeness (QED) is 0.789. The Morgan fingerprint density at radius 3 is 2.65 bits per heavy atom. The Morgan fingerprint density at radius 2 is 1.96 bits per heavy atom. The van der Waals surface area contributed by atoms with E-state index in [1.54, 1.807) is 12.4 Å². The molecule has 0 radical (unpaired) electrons. The number of hydrogen-bond acceptors (Lipinski definition) is 4. The first-order valence-electron chi connectivity index (χ1n) is 7.39. The molecular formula is C18H17N3OS. The Hall–Kier alpha value is -2.53. The summed E-state index contributed by atoms with van der Waals surface area (Å²) < 4.78 is 0. The number of nitrogens with zero attached hydrogens (tertiary/aromatic N) is 2. The Bertz CT molecular complexity index is 800. The molecule has 0 aliphatic carbocycles. The first-order valence-corrected chi connectivity index (χ1v) is 8.20. The second kappa shape index (κ2) is 6.71. The molecule has 23 heavy (non-hydrogen) atoms. The normalized spacial score (nSPS) is 11.9. The van der Waals surface area contributed by atoms with E-state index >= 15 is 0 Å². The summed E-state index contributed by atoms with van der Waals surface area (Å²) in [5.41, 5.74) is 2.75. The first-order chi connectivity index (χ1) is 11.1. The molecule has 0 saturated heterocycles. The van der Waals surface area contributed by atoms with Gasteiger partial charge in [0.1, 0.15) is 9.88 Å². The highest BCUT2D eigenvalue weighted by atomic mass is 32.1. The molecule has 0 saturated carbocycles. The molecule has 5 heteroatoms. The molecule has 1 N–H and O–H groups in total. The number of pyridine rings is 1. The fourth-order valence-corrected chi connectivity index (χ4v) is 3.27. The summed E-state index contributed by atoms with van der Waals surface area (Å²) in [5, 5.41) is 3.85. The Morgan fingerprint density at radius 1 is 1.17 bits per heavy atom. The molecule has 0 spiro atoms. The van der Waals surface area contributed by atoms with Crippen LogP contribution >= 0.6 is 11.3 Å². The molecule has 1 atom stereocenters. The number of nitrogens with one attached hydrogen (secondary N) is 1. The number of benzene rings is 1. The van der Waals surface area contributed by atoms with Crippen LogP contribution in [0, 0.1) is 6.92 Å². The first kappa shape index (κ1) is 15.4. The molecule has 0 bridgehead atoms. The molecule has 0 fully saturated rings.